The van der Waals surface area contributed by atoms with Gasteiger partial charge < -0.3 is 15.2 Å². The maximum Gasteiger partial charge on any atom is 0.335 e. The fraction of sp³-hybridized carbons (Fsp3) is 0.433. The number of anilines is 1. The predicted octanol–water partition coefficient (Wildman–Crippen LogP) is 6.32. The monoisotopic (exact) mass is 489 g/mol. The fourth-order valence-electron chi connectivity index (χ4n) is 5.86. The molecule has 2 N–H and O–H groups in total. The van der Waals surface area contributed by atoms with E-state index < -0.39 is 5.97 Å². The zero-order valence-electron chi connectivity index (χ0n) is 21.1. The summed E-state index contributed by atoms with van der Waals surface area (Å²) in [4.78, 5) is 37.9. The van der Waals surface area contributed by atoms with Crippen LogP contribution in [0.1, 0.15) is 82.4 Å². The minimum Gasteiger partial charge on any atom is -0.496 e. The third-order valence-corrected chi connectivity index (χ3v) is 7.89. The quantitative estimate of drug-likeness (QED) is 0.444. The molecule has 1 unspecified atom stereocenters. The van der Waals surface area contributed by atoms with Crippen molar-refractivity contribution in [1.29, 1.82) is 0 Å². The summed E-state index contributed by atoms with van der Waals surface area (Å²) < 4.78 is 5.38. The van der Waals surface area contributed by atoms with Gasteiger partial charge in [-0.25, -0.2) is 4.79 Å². The van der Waals surface area contributed by atoms with Crippen LogP contribution in [0.4, 0.5) is 5.69 Å². The summed E-state index contributed by atoms with van der Waals surface area (Å²) in [5.41, 5.74) is 4.27. The Morgan fingerprint density at radius 3 is 2.56 bits per heavy atom. The number of aryl methyl sites for hydroxylation is 1. The highest BCUT2D eigenvalue weighted by Crippen LogP contribution is 2.38. The number of ketones is 1. The Hall–Kier alpha value is -3.41. The number of carboxylic acid groups (broad SMARTS) is 1. The van der Waals surface area contributed by atoms with Gasteiger partial charge in [0.05, 0.1) is 12.7 Å². The molecular weight excluding hydrogens is 454 g/mol. The van der Waals surface area contributed by atoms with Crippen LogP contribution in [-0.4, -0.2) is 29.9 Å². The number of ether oxygens (including phenoxy) is 1. The van der Waals surface area contributed by atoms with E-state index in [2.05, 4.69) is 11.9 Å². The van der Waals surface area contributed by atoms with Gasteiger partial charge in [0.1, 0.15) is 5.75 Å². The number of amides is 1. The lowest BCUT2D eigenvalue weighted by Gasteiger charge is -2.30. The maximum absolute atomic E-state index is 13.4. The topological polar surface area (TPSA) is 92.7 Å². The van der Waals surface area contributed by atoms with Gasteiger partial charge in [-0.1, -0.05) is 12.7 Å². The molecule has 0 heterocycles. The van der Waals surface area contributed by atoms with E-state index in [1.165, 1.54) is 0 Å². The van der Waals surface area contributed by atoms with Gasteiger partial charge in [0.2, 0.25) is 5.91 Å². The second-order valence-corrected chi connectivity index (χ2v) is 10.2. The van der Waals surface area contributed by atoms with E-state index in [1.54, 1.807) is 25.3 Å². The number of carbonyl (C=O) groups excluding carboxylic acids is 2. The van der Waals surface area contributed by atoms with E-state index in [0.717, 1.165) is 68.1 Å². The highest BCUT2D eigenvalue weighted by Gasteiger charge is 2.32. The van der Waals surface area contributed by atoms with Crippen LogP contribution < -0.4 is 10.1 Å². The van der Waals surface area contributed by atoms with Crippen molar-refractivity contribution in [3.63, 3.8) is 0 Å². The van der Waals surface area contributed by atoms with Crippen LogP contribution in [-0.2, 0) is 11.2 Å². The fourth-order valence-corrected chi connectivity index (χ4v) is 5.86. The number of benzene rings is 2. The molecule has 4 rings (SSSR count). The van der Waals surface area contributed by atoms with Gasteiger partial charge in [0.25, 0.3) is 0 Å². The van der Waals surface area contributed by atoms with Gasteiger partial charge in [-0.2, -0.15) is 0 Å². The minimum absolute atomic E-state index is 0.0259. The zero-order chi connectivity index (χ0) is 25.8. The standard InChI is InChI=1S/C30H35NO5/c1-4-20-12-13-24(17-27(20)36-3)31-29(33)21-10-8-19(9-11-21)15-22-6-5-7-25-18(2)14-23(30(34)35)16-26(25)28(22)32/h4,12-14,16-17,19,21-22H,1,5-11,15H2,2-3H3,(H,31,33)(H,34,35). The van der Waals surface area contributed by atoms with Gasteiger partial charge in [-0.3, -0.25) is 9.59 Å². The molecule has 6 nitrogen and oxygen atoms in total. The Morgan fingerprint density at radius 1 is 1.14 bits per heavy atom. The van der Waals surface area contributed by atoms with Gasteiger partial charge in [-0.05, 0) is 99.6 Å². The highest BCUT2D eigenvalue weighted by molar-refractivity contribution is 6.02. The lowest BCUT2D eigenvalue weighted by molar-refractivity contribution is -0.121. The van der Waals surface area contributed by atoms with Crippen LogP contribution in [0.2, 0.25) is 0 Å². The van der Waals surface area contributed by atoms with Crippen molar-refractivity contribution in [2.24, 2.45) is 17.8 Å². The van der Waals surface area contributed by atoms with Gasteiger partial charge >= 0.3 is 5.97 Å². The largest absolute Gasteiger partial charge is 0.496 e. The van der Waals surface area contributed by atoms with Gasteiger partial charge in [0, 0.05) is 34.7 Å². The van der Waals surface area contributed by atoms with Crippen molar-refractivity contribution in [3.05, 3.63) is 64.7 Å². The van der Waals surface area contributed by atoms with Crippen molar-refractivity contribution >= 4 is 29.4 Å². The number of methoxy groups -OCH3 is 1. The Kier molecular flexibility index (Phi) is 7.92. The van der Waals surface area contributed by atoms with Gasteiger partial charge in [0.15, 0.2) is 5.78 Å². The van der Waals surface area contributed by atoms with Crippen LogP contribution in [0, 0.1) is 24.7 Å². The van der Waals surface area contributed by atoms with Crippen LogP contribution in [0.15, 0.2) is 36.9 Å². The molecule has 190 valence electrons. The summed E-state index contributed by atoms with van der Waals surface area (Å²) in [6.45, 7) is 5.67. The Labute approximate surface area is 212 Å². The number of hydrogen-bond acceptors (Lipinski definition) is 4. The first-order valence-corrected chi connectivity index (χ1v) is 12.8. The summed E-state index contributed by atoms with van der Waals surface area (Å²) in [6.07, 6.45) is 8.55. The van der Waals surface area contributed by atoms with Crippen LogP contribution >= 0.6 is 0 Å². The molecule has 0 radical (unpaired) electrons. The molecule has 1 fully saturated rings. The number of carboxylic acids is 1. The molecule has 2 aromatic carbocycles. The van der Waals surface area contributed by atoms with E-state index in [1.807, 2.05) is 25.1 Å². The van der Waals surface area contributed by atoms with Crippen LogP contribution in [0.3, 0.4) is 0 Å². The van der Waals surface area contributed by atoms with E-state index in [-0.39, 0.29) is 29.1 Å². The Balaban J connectivity index is 1.36. The summed E-state index contributed by atoms with van der Waals surface area (Å²) in [5.74, 6) is 0.0651. The summed E-state index contributed by atoms with van der Waals surface area (Å²) in [5, 5.41) is 12.5. The third kappa shape index (κ3) is 5.53. The van der Waals surface area contributed by atoms with Crippen molar-refractivity contribution in [2.75, 3.05) is 12.4 Å². The van der Waals surface area contributed by atoms with E-state index in [0.29, 0.717) is 22.9 Å². The number of Topliss-reactive ketones (excluding diaryl/α,β-unsaturated/α-hetero) is 1. The average Bonchev–Trinajstić information content (AvgIpc) is 3.03. The Morgan fingerprint density at radius 2 is 1.89 bits per heavy atom. The summed E-state index contributed by atoms with van der Waals surface area (Å²) in [6, 6.07) is 8.79. The molecule has 0 aromatic heterocycles. The number of carbonyl (C=O) groups is 3. The summed E-state index contributed by atoms with van der Waals surface area (Å²) >= 11 is 0. The molecule has 36 heavy (non-hydrogen) atoms. The van der Waals surface area contributed by atoms with E-state index in [4.69, 9.17) is 4.74 Å². The van der Waals surface area contributed by atoms with E-state index >= 15 is 0 Å². The minimum atomic E-state index is -0.999. The van der Waals surface area contributed by atoms with Crippen molar-refractivity contribution < 1.29 is 24.2 Å². The third-order valence-electron chi connectivity index (χ3n) is 7.89. The first kappa shape index (κ1) is 25.7. The highest BCUT2D eigenvalue weighted by atomic mass is 16.5. The number of nitrogens with one attached hydrogen (secondary N) is 1. The van der Waals surface area contributed by atoms with Crippen molar-refractivity contribution in [1.82, 2.24) is 0 Å². The number of fused-ring (bicyclic) bond motifs is 1. The molecule has 1 amide bonds. The van der Waals surface area contributed by atoms with Crippen LogP contribution in [0.5, 0.6) is 5.75 Å². The molecule has 2 aliphatic carbocycles. The maximum atomic E-state index is 13.4. The molecule has 1 saturated carbocycles. The smallest absolute Gasteiger partial charge is 0.335 e. The zero-order valence-corrected chi connectivity index (χ0v) is 21.1. The number of rotatable bonds is 7. The first-order valence-electron chi connectivity index (χ1n) is 12.8. The lowest BCUT2D eigenvalue weighted by atomic mass is 9.76. The number of aromatic carboxylic acids is 1. The van der Waals surface area contributed by atoms with Gasteiger partial charge in [-0.15, -0.1) is 0 Å². The second kappa shape index (κ2) is 11.1. The van der Waals surface area contributed by atoms with Crippen molar-refractivity contribution in [3.8, 4) is 5.75 Å². The lowest BCUT2D eigenvalue weighted by Crippen LogP contribution is -2.28. The van der Waals surface area contributed by atoms with Crippen LogP contribution in [0.25, 0.3) is 6.08 Å². The summed E-state index contributed by atoms with van der Waals surface area (Å²) in [7, 11) is 1.60. The second-order valence-electron chi connectivity index (χ2n) is 10.2. The molecule has 2 aliphatic rings. The SMILES string of the molecule is C=Cc1ccc(NC(=O)C2CCC(CC3CCCc4c(C)cc(C(=O)O)cc4C3=O)CC2)cc1OC. The van der Waals surface area contributed by atoms with E-state index in [9.17, 15) is 19.5 Å². The molecular formula is C30H35NO5. The molecule has 6 heteroatoms. The molecule has 0 spiro atoms. The number of hydrogen-bond donors (Lipinski definition) is 2. The molecule has 0 aliphatic heterocycles. The molecule has 2 aromatic rings. The normalized spacial score (nSPS) is 21.7. The average molecular weight is 490 g/mol. The molecule has 0 saturated heterocycles. The van der Waals surface area contributed by atoms with Crippen molar-refractivity contribution in [2.45, 2.75) is 58.3 Å². The Bertz CT molecular complexity index is 1180. The molecule has 1 atom stereocenters. The predicted molar refractivity (Wildman–Crippen MR) is 141 cm³/mol. The first-order chi connectivity index (χ1) is 17.3. The molecule has 0 bridgehead atoms.